The van der Waals surface area contributed by atoms with Gasteiger partial charge in [-0.1, -0.05) is 6.07 Å². The minimum absolute atomic E-state index is 0.0313. The number of aromatic amines is 1. The van der Waals surface area contributed by atoms with Crippen LogP contribution in [0.1, 0.15) is 21.5 Å². The van der Waals surface area contributed by atoms with E-state index in [4.69, 9.17) is 5.11 Å². The molecule has 7 nitrogen and oxygen atoms in total. The first-order chi connectivity index (χ1) is 9.40. The fourth-order valence-corrected chi connectivity index (χ4v) is 2.68. The Kier molecular flexibility index (Phi) is 3.86. The number of aromatic nitrogens is 2. The summed E-state index contributed by atoms with van der Waals surface area (Å²) in [7, 11) is -3.76. The van der Waals surface area contributed by atoms with Gasteiger partial charge in [0.25, 0.3) is 0 Å². The zero-order chi connectivity index (χ0) is 14.8. The van der Waals surface area contributed by atoms with Crippen molar-refractivity contribution >= 4 is 16.0 Å². The number of aryl methyl sites for hydroxylation is 1. The molecule has 1 heterocycles. The van der Waals surface area contributed by atoms with Crippen LogP contribution in [0.25, 0.3) is 0 Å². The molecule has 0 fully saturated rings. The summed E-state index contributed by atoms with van der Waals surface area (Å²) in [6.45, 7) is 1.69. The second kappa shape index (κ2) is 5.43. The van der Waals surface area contributed by atoms with E-state index in [1.165, 1.54) is 18.3 Å². The van der Waals surface area contributed by atoms with Gasteiger partial charge >= 0.3 is 5.97 Å². The number of benzene rings is 1. The van der Waals surface area contributed by atoms with E-state index in [1.54, 1.807) is 13.1 Å². The van der Waals surface area contributed by atoms with E-state index < -0.39 is 16.0 Å². The van der Waals surface area contributed by atoms with Crippen LogP contribution in [0.3, 0.4) is 0 Å². The maximum atomic E-state index is 12.1. The molecule has 0 bridgehead atoms. The summed E-state index contributed by atoms with van der Waals surface area (Å²) in [4.78, 5) is 10.9. The second-order valence-electron chi connectivity index (χ2n) is 4.21. The van der Waals surface area contributed by atoms with Crippen molar-refractivity contribution in [3.05, 3.63) is 47.3 Å². The van der Waals surface area contributed by atoms with Gasteiger partial charge in [0.15, 0.2) is 0 Å². The van der Waals surface area contributed by atoms with Crippen LogP contribution < -0.4 is 4.72 Å². The van der Waals surface area contributed by atoms with E-state index >= 15 is 0 Å². The van der Waals surface area contributed by atoms with Gasteiger partial charge in [0.2, 0.25) is 10.0 Å². The highest BCUT2D eigenvalue weighted by molar-refractivity contribution is 7.89. The maximum absolute atomic E-state index is 12.1. The number of nitrogens with zero attached hydrogens (tertiary/aromatic N) is 1. The predicted octanol–water partition coefficient (Wildman–Crippen LogP) is 0.895. The van der Waals surface area contributed by atoms with Crippen molar-refractivity contribution in [3.63, 3.8) is 0 Å². The van der Waals surface area contributed by atoms with E-state index in [0.717, 1.165) is 6.07 Å². The third-order valence-corrected chi connectivity index (χ3v) is 4.17. The molecule has 0 aliphatic heterocycles. The molecule has 2 aromatic rings. The second-order valence-corrected chi connectivity index (χ2v) is 5.98. The first-order valence-electron chi connectivity index (χ1n) is 5.71. The molecule has 0 amide bonds. The molecule has 1 aromatic carbocycles. The molecule has 0 unspecified atom stereocenters. The van der Waals surface area contributed by atoms with E-state index in [2.05, 4.69) is 14.9 Å². The Morgan fingerprint density at radius 2 is 2.20 bits per heavy atom. The third kappa shape index (κ3) is 3.03. The maximum Gasteiger partial charge on any atom is 0.335 e. The van der Waals surface area contributed by atoms with E-state index in [9.17, 15) is 13.2 Å². The molecule has 8 heteroatoms. The first kappa shape index (κ1) is 14.2. The molecule has 2 rings (SSSR count). The highest BCUT2D eigenvalue weighted by Crippen LogP contribution is 2.16. The summed E-state index contributed by atoms with van der Waals surface area (Å²) in [5.41, 5.74) is 1.15. The van der Waals surface area contributed by atoms with Crippen molar-refractivity contribution in [1.82, 2.24) is 14.9 Å². The molecular formula is C12H13N3O4S. The zero-order valence-corrected chi connectivity index (χ0v) is 11.4. The Morgan fingerprint density at radius 3 is 2.80 bits per heavy atom. The molecule has 0 aliphatic rings. The third-order valence-electron chi connectivity index (χ3n) is 2.77. The summed E-state index contributed by atoms with van der Waals surface area (Å²) < 4.78 is 26.5. The van der Waals surface area contributed by atoms with Crippen molar-refractivity contribution < 1.29 is 18.3 Å². The van der Waals surface area contributed by atoms with Crippen LogP contribution in [0, 0.1) is 6.92 Å². The van der Waals surface area contributed by atoms with Gasteiger partial charge in [-0.15, -0.1) is 0 Å². The lowest BCUT2D eigenvalue weighted by atomic mass is 10.1. The highest BCUT2D eigenvalue weighted by Gasteiger charge is 2.17. The molecule has 0 aliphatic carbocycles. The van der Waals surface area contributed by atoms with Crippen LogP contribution in [0.2, 0.25) is 0 Å². The fraction of sp³-hybridized carbons (Fsp3) is 0.167. The van der Waals surface area contributed by atoms with Crippen molar-refractivity contribution in [2.45, 2.75) is 18.4 Å². The molecule has 0 saturated carbocycles. The largest absolute Gasteiger partial charge is 0.478 e. The number of nitrogens with one attached hydrogen (secondary N) is 2. The van der Waals surface area contributed by atoms with Crippen LogP contribution in [0.5, 0.6) is 0 Å². The van der Waals surface area contributed by atoms with Gasteiger partial charge < -0.3 is 5.11 Å². The van der Waals surface area contributed by atoms with E-state index in [1.807, 2.05) is 0 Å². The Bertz CT molecular complexity index is 723. The molecule has 0 atom stereocenters. The fourth-order valence-electron chi connectivity index (χ4n) is 1.63. The van der Waals surface area contributed by atoms with Crippen molar-refractivity contribution in [2.75, 3.05) is 0 Å². The van der Waals surface area contributed by atoms with Crippen molar-refractivity contribution in [3.8, 4) is 0 Å². The lowest BCUT2D eigenvalue weighted by molar-refractivity contribution is 0.0696. The van der Waals surface area contributed by atoms with Gasteiger partial charge in [-0.3, -0.25) is 5.10 Å². The SMILES string of the molecule is Cc1ccc(S(=O)(=O)NCc2cn[nH]c2)cc1C(=O)O. The van der Waals surface area contributed by atoms with Gasteiger partial charge in [0.05, 0.1) is 16.7 Å². The number of H-pyrrole nitrogens is 1. The summed E-state index contributed by atoms with van der Waals surface area (Å²) in [5, 5.41) is 15.3. The zero-order valence-electron chi connectivity index (χ0n) is 10.6. The minimum Gasteiger partial charge on any atom is -0.478 e. The molecular weight excluding hydrogens is 282 g/mol. The number of carbonyl (C=O) groups is 1. The van der Waals surface area contributed by atoms with Crippen LogP contribution in [-0.2, 0) is 16.6 Å². The molecule has 3 N–H and O–H groups in total. The average molecular weight is 295 g/mol. The molecule has 0 saturated heterocycles. The normalized spacial score (nSPS) is 11.4. The summed E-state index contributed by atoms with van der Waals surface area (Å²) in [6, 6.07) is 3.99. The number of aromatic carboxylic acids is 1. The number of hydrogen-bond acceptors (Lipinski definition) is 4. The molecule has 1 aromatic heterocycles. The van der Waals surface area contributed by atoms with Gasteiger partial charge in [-0.2, -0.15) is 5.10 Å². The van der Waals surface area contributed by atoms with Gasteiger partial charge in [0.1, 0.15) is 0 Å². The van der Waals surface area contributed by atoms with E-state index in [-0.39, 0.29) is 17.0 Å². The average Bonchev–Trinajstić information content (AvgIpc) is 2.89. The summed E-state index contributed by atoms with van der Waals surface area (Å²) in [6.07, 6.45) is 3.07. The Labute approximate surface area is 115 Å². The van der Waals surface area contributed by atoms with Gasteiger partial charge in [-0.05, 0) is 24.6 Å². The minimum atomic E-state index is -3.76. The molecule has 0 spiro atoms. The van der Waals surface area contributed by atoms with Crippen LogP contribution in [0.15, 0.2) is 35.5 Å². The number of rotatable bonds is 5. The Hall–Kier alpha value is -2.19. The monoisotopic (exact) mass is 295 g/mol. The first-order valence-corrected chi connectivity index (χ1v) is 7.20. The number of carboxylic acids is 1. The molecule has 0 radical (unpaired) electrons. The Morgan fingerprint density at radius 1 is 1.45 bits per heavy atom. The topological polar surface area (TPSA) is 112 Å². The molecule has 106 valence electrons. The number of carboxylic acid groups (broad SMARTS) is 1. The van der Waals surface area contributed by atoms with Crippen LogP contribution in [0.4, 0.5) is 0 Å². The van der Waals surface area contributed by atoms with Gasteiger partial charge in [-0.25, -0.2) is 17.9 Å². The van der Waals surface area contributed by atoms with Gasteiger partial charge in [0, 0.05) is 18.3 Å². The highest BCUT2D eigenvalue weighted by atomic mass is 32.2. The predicted molar refractivity (Wildman–Crippen MR) is 70.8 cm³/mol. The van der Waals surface area contributed by atoms with Crippen molar-refractivity contribution in [1.29, 1.82) is 0 Å². The lowest BCUT2D eigenvalue weighted by Gasteiger charge is -2.08. The van der Waals surface area contributed by atoms with Crippen LogP contribution >= 0.6 is 0 Å². The molecule has 20 heavy (non-hydrogen) atoms. The van der Waals surface area contributed by atoms with Crippen LogP contribution in [-0.4, -0.2) is 29.7 Å². The number of hydrogen-bond donors (Lipinski definition) is 3. The number of sulfonamides is 1. The summed E-state index contributed by atoms with van der Waals surface area (Å²) in [5.74, 6) is -1.16. The summed E-state index contributed by atoms with van der Waals surface area (Å²) >= 11 is 0. The standard InChI is InChI=1S/C12H13N3O4S/c1-8-2-3-10(4-11(8)12(16)17)20(18,19)15-7-9-5-13-14-6-9/h2-6,15H,7H2,1H3,(H,13,14)(H,16,17). The smallest absolute Gasteiger partial charge is 0.335 e. The van der Waals surface area contributed by atoms with Crippen molar-refractivity contribution in [2.24, 2.45) is 0 Å². The lowest BCUT2D eigenvalue weighted by Crippen LogP contribution is -2.23. The van der Waals surface area contributed by atoms with E-state index in [0.29, 0.717) is 11.1 Å². The Balaban J connectivity index is 2.25. The quantitative estimate of drug-likeness (QED) is 0.758.